The van der Waals surface area contributed by atoms with E-state index in [0.29, 0.717) is 0 Å². The minimum atomic E-state index is -0.506. The van der Waals surface area contributed by atoms with Gasteiger partial charge in [-0.2, -0.15) is 0 Å². The molecule has 0 spiro atoms. The van der Waals surface area contributed by atoms with Crippen molar-refractivity contribution in [1.29, 1.82) is 0 Å². The summed E-state index contributed by atoms with van der Waals surface area (Å²) in [5, 5.41) is 9.48. The molecule has 0 aliphatic rings. The summed E-state index contributed by atoms with van der Waals surface area (Å²) in [6, 6.07) is 6.09. The Bertz CT molecular complexity index is 555. The fraction of sp³-hybridized carbons (Fsp3) is 0.760. The topological polar surface area (TPSA) is 64.7 Å². The van der Waals surface area contributed by atoms with E-state index in [0.717, 1.165) is 61.2 Å². The Balaban J connectivity index is 2.37. The summed E-state index contributed by atoms with van der Waals surface area (Å²) in [7, 11) is 1.68. The molecule has 4 heteroatoms. The van der Waals surface area contributed by atoms with Gasteiger partial charge >= 0.3 is 0 Å². The summed E-state index contributed by atoms with van der Waals surface area (Å²) >= 11 is 0. The SMILES string of the molecule is CCC(N)(CO)CCc1ccc(OCCCCC(C)CCCC(C)C)c(OC)c1. The Morgan fingerprint density at radius 2 is 1.76 bits per heavy atom. The molecular formula is C25H45NO3. The zero-order valence-electron chi connectivity index (χ0n) is 19.5. The first-order chi connectivity index (χ1) is 13.8. The third-order valence-corrected chi connectivity index (χ3v) is 5.99. The van der Waals surface area contributed by atoms with Gasteiger partial charge in [0.05, 0.1) is 20.3 Å². The molecule has 0 saturated carbocycles. The van der Waals surface area contributed by atoms with E-state index in [-0.39, 0.29) is 6.61 Å². The quantitative estimate of drug-likeness (QED) is 0.343. The van der Waals surface area contributed by atoms with Gasteiger partial charge in [-0.15, -0.1) is 0 Å². The molecule has 0 bridgehead atoms. The van der Waals surface area contributed by atoms with E-state index < -0.39 is 5.54 Å². The lowest BCUT2D eigenvalue weighted by Gasteiger charge is -2.25. The fourth-order valence-electron chi connectivity index (χ4n) is 3.54. The molecular weight excluding hydrogens is 362 g/mol. The first-order valence-electron chi connectivity index (χ1n) is 11.5. The number of aliphatic hydroxyl groups is 1. The molecule has 0 fully saturated rings. The molecule has 0 aliphatic carbocycles. The van der Waals surface area contributed by atoms with Gasteiger partial charge in [-0.3, -0.25) is 0 Å². The summed E-state index contributed by atoms with van der Waals surface area (Å²) < 4.78 is 11.5. The van der Waals surface area contributed by atoms with Crippen LogP contribution in [0.5, 0.6) is 11.5 Å². The smallest absolute Gasteiger partial charge is 0.161 e. The maximum Gasteiger partial charge on any atom is 0.161 e. The van der Waals surface area contributed by atoms with E-state index in [1.807, 2.05) is 19.1 Å². The van der Waals surface area contributed by atoms with Gasteiger partial charge in [0.2, 0.25) is 0 Å². The van der Waals surface area contributed by atoms with E-state index in [2.05, 4.69) is 26.8 Å². The molecule has 2 atom stereocenters. The van der Waals surface area contributed by atoms with Crippen LogP contribution in [0.3, 0.4) is 0 Å². The average Bonchev–Trinajstić information content (AvgIpc) is 2.71. The van der Waals surface area contributed by atoms with Gasteiger partial charge in [-0.05, 0) is 61.6 Å². The van der Waals surface area contributed by atoms with Gasteiger partial charge in [0.1, 0.15) is 0 Å². The lowest BCUT2D eigenvalue weighted by molar-refractivity contribution is 0.183. The van der Waals surface area contributed by atoms with Crippen LogP contribution < -0.4 is 15.2 Å². The number of rotatable bonds is 16. The van der Waals surface area contributed by atoms with Crippen LogP contribution in [0.25, 0.3) is 0 Å². The van der Waals surface area contributed by atoms with Gasteiger partial charge in [0.25, 0.3) is 0 Å². The van der Waals surface area contributed by atoms with Crippen molar-refractivity contribution in [3.05, 3.63) is 23.8 Å². The largest absolute Gasteiger partial charge is 0.493 e. The van der Waals surface area contributed by atoms with Crippen molar-refractivity contribution < 1.29 is 14.6 Å². The van der Waals surface area contributed by atoms with E-state index in [1.54, 1.807) is 7.11 Å². The first-order valence-corrected chi connectivity index (χ1v) is 11.5. The Morgan fingerprint density at radius 3 is 2.38 bits per heavy atom. The van der Waals surface area contributed by atoms with E-state index >= 15 is 0 Å². The number of aryl methyl sites for hydroxylation is 1. The Labute approximate surface area is 179 Å². The molecule has 0 radical (unpaired) electrons. The summed E-state index contributed by atoms with van der Waals surface area (Å²) in [5.74, 6) is 3.20. The first kappa shape index (κ1) is 25.8. The van der Waals surface area contributed by atoms with Crippen LogP contribution in [0.1, 0.15) is 84.6 Å². The van der Waals surface area contributed by atoms with Crippen LogP contribution in [0.4, 0.5) is 0 Å². The highest BCUT2D eigenvalue weighted by atomic mass is 16.5. The highest BCUT2D eigenvalue weighted by Gasteiger charge is 2.21. The number of ether oxygens (including phenoxy) is 2. The predicted octanol–water partition coefficient (Wildman–Crippen LogP) is 5.74. The van der Waals surface area contributed by atoms with Crippen molar-refractivity contribution >= 4 is 0 Å². The van der Waals surface area contributed by atoms with Crippen LogP contribution in [0, 0.1) is 11.8 Å². The van der Waals surface area contributed by atoms with Crippen molar-refractivity contribution in [2.45, 2.75) is 91.0 Å². The lowest BCUT2D eigenvalue weighted by atomic mass is 9.90. The second kappa shape index (κ2) is 13.9. The molecule has 29 heavy (non-hydrogen) atoms. The average molecular weight is 408 g/mol. The number of hydrogen-bond acceptors (Lipinski definition) is 4. The molecule has 1 aromatic carbocycles. The van der Waals surface area contributed by atoms with Gasteiger partial charge in [-0.1, -0.05) is 59.4 Å². The number of benzene rings is 1. The van der Waals surface area contributed by atoms with E-state index in [4.69, 9.17) is 15.2 Å². The third-order valence-electron chi connectivity index (χ3n) is 5.99. The minimum absolute atomic E-state index is 0.0121. The van der Waals surface area contributed by atoms with E-state index in [1.165, 1.54) is 32.1 Å². The molecule has 3 N–H and O–H groups in total. The van der Waals surface area contributed by atoms with Crippen LogP contribution >= 0.6 is 0 Å². The zero-order valence-corrected chi connectivity index (χ0v) is 19.5. The van der Waals surface area contributed by atoms with Crippen molar-refractivity contribution in [2.75, 3.05) is 20.3 Å². The van der Waals surface area contributed by atoms with Gasteiger partial charge < -0.3 is 20.3 Å². The summed E-state index contributed by atoms with van der Waals surface area (Å²) in [4.78, 5) is 0. The number of unbranched alkanes of at least 4 members (excludes halogenated alkanes) is 1. The number of methoxy groups -OCH3 is 1. The standard InChI is InChI=1S/C25H45NO3/c1-6-25(26,19-27)16-15-22-13-14-23(24(18-22)28-5)29-17-8-7-11-21(4)12-9-10-20(2)3/h13-14,18,20-21,27H,6-12,15-17,19,26H2,1-5H3. The number of aliphatic hydroxyl groups excluding tert-OH is 1. The number of hydrogen-bond donors (Lipinski definition) is 2. The maximum atomic E-state index is 9.48. The highest BCUT2D eigenvalue weighted by Crippen LogP contribution is 2.29. The van der Waals surface area contributed by atoms with Crippen molar-refractivity contribution in [3.8, 4) is 11.5 Å². The predicted molar refractivity (Wildman–Crippen MR) is 123 cm³/mol. The molecule has 0 saturated heterocycles. The molecule has 0 aromatic heterocycles. The van der Waals surface area contributed by atoms with Gasteiger partial charge in [0.15, 0.2) is 11.5 Å². The van der Waals surface area contributed by atoms with Crippen molar-refractivity contribution in [3.63, 3.8) is 0 Å². The van der Waals surface area contributed by atoms with E-state index in [9.17, 15) is 5.11 Å². The zero-order chi connectivity index (χ0) is 21.7. The molecule has 0 aliphatic heterocycles. The van der Waals surface area contributed by atoms with Crippen LogP contribution in [-0.2, 0) is 6.42 Å². The Kier molecular flexibility index (Phi) is 12.3. The monoisotopic (exact) mass is 407 g/mol. The van der Waals surface area contributed by atoms with Crippen molar-refractivity contribution in [2.24, 2.45) is 17.6 Å². The van der Waals surface area contributed by atoms with Gasteiger partial charge in [0, 0.05) is 5.54 Å². The van der Waals surface area contributed by atoms with Gasteiger partial charge in [-0.25, -0.2) is 0 Å². The molecule has 2 unspecified atom stereocenters. The third kappa shape index (κ3) is 10.4. The molecule has 1 rings (SSSR count). The second-order valence-corrected chi connectivity index (χ2v) is 9.13. The number of nitrogens with two attached hydrogens (primary N) is 1. The summed E-state index contributed by atoms with van der Waals surface area (Å²) in [6.07, 6.45) is 9.91. The summed E-state index contributed by atoms with van der Waals surface area (Å²) in [5.41, 5.74) is 6.84. The second-order valence-electron chi connectivity index (χ2n) is 9.13. The lowest BCUT2D eigenvalue weighted by Crippen LogP contribution is -2.43. The summed E-state index contributed by atoms with van der Waals surface area (Å²) in [6.45, 7) is 9.72. The normalized spacial score (nSPS) is 14.6. The molecule has 0 heterocycles. The maximum absolute atomic E-state index is 9.48. The molecule has 1 aromatic rings. The van der Waals surface area contributed by atoms with Crippen LogP contribution in [-0.4, -0.2) is 31.0 Å². The Hall–Kier alpha value is -1.26. The van der Waals surface area contributed by atoms with Crippen LogP contribution in [0.2, 0.25) is 0 Å². The highest BCUT2D eigenvalue weighted by molar-refractivity contribution is 5.43. The van der Waals surface area contributed by atoms with Crippen LogP contribution in [0.15, 0.2) is 18.2 Å². The molecule has 0 amide bonds. The van der Waals surface area contributed by atoms with Crippen molar-refractivity contribution in [1.82, 2.24) is 0 Å². The Morgan fingerprint density at radius 1 is 1.03 bits per heavy atom. The minimum Gasteiger partial charge on any atom is -0.493 e. The fourth-order valence-corrected chi connectivity index (χ4v) is 3.54. The molecule has 4 nitrogen and oxygen atoms in total. The molecule has 168 valence electrons.